The zero-order chi connectivity index (χ0) is 20.9. The van der Waals surface area contributed by atoms with Crippen molar-refractivity contribution in [3.63, 3.8) is 0 Å². The van der Waals surface area contributed by atoms with E-state index in [9.17, 15) is 9.18 Å². The van der Waals surface area contributed by atoms with E-state index in [4.69, 9.17) is 0 Å². The molecule has 0 unspecified atom stereocenters. The first-order valence-electron chi connectivity index (χ1n) is 10.9. The zero-order valence-corrected chi connectivity index (χ0v) is 17.6. The Morgan fingerprint density at radius 3 is 2.70 bits per heavy atom. The van der Waals surface area contributed by atoms with Gasteiger partial charge in [-0.05, 0) is 87.5 Å². The predicted molar refractivity (Wildman–Crippen MR) is 119 cm³/mol. The van der Waals surface area contributed by atoms with E-state index in [0.717, 1.165) is 68.3 Å². The van der Waals surface area contributed by atoms with Crippen LogP contribution in [-0.4, -0.2) is 42.0 Å². The summed E-state index contributed by atoms with van der Waals surface area (Å²) in [6, 6.07) is 12.7. The molecule has 5 heteroatoms. The summed E-state index contributed by atoms with van der Waals surface area (Å²) in [5.74, 6) is 0.583. The molecule has 0 spiro atoms. The monoisotopic (exact) mass is 407 g/mol. The molecule has 0 bridgehead atoms. The van der Waals surface area contributed by atoms with E-state index < -0.39 is 0 Å². The van der Waals surface area contributed by atoms with Crippen LogP contribution >= 0.6 is 0 Å². The number of aryl methyl sites for hydroxylation is 2. The lowest BCUT2D eigenvalue weighted by Crippen LogP contribution is -2.40. The van der Waals surface area contributed by atoms with Crippen LogP contribution < -0.4 is 5.32 Å². The summed E-state index contributed by atoms with van der Waals surface area (Å²) in [4.78, 5) is 17.8. The Bertz CT molecular complexity index is 987. The average Bonchev–Trinajstić information content (AvgIpc) is 3.16. The van der Waals surface area contributed by atoms with Crippen molar-refractivity contribution in [2.45, 2.75) is 32.6 Å². The molecule has 0 atom stereocenters. The van der Waals surface area contributed by atoms with Crippen LogP contribution in [0.1, 0.15) is 40.7 Å². The molecule has 1 saturated heterocycles. The summed E-state index contributed by atoms with van der Waals surface area (Å²) >= 11 is 0. The highest BCUT2D eigenvalue weighted by atomic mass is 19.1. The van der Waals surface area contributed by atoms with E-state index in [1.54, 1.807) is 12.1 Å². The number of nitrogens with zero attached hydrogens (tertiary/aromatic N) is 1. The zero-order valence-electron chi connectivity index (χ0n) is 17.6. The number of carbonyl (C=O) groups is 1. The van der Waals surface area contributed by atoms with E-state index >= 15 is 0 Å². The van der Waals surface area contributed by atoms with Gasteiger partial charge in [0, 0.05) is 35.8 Å². The SMILES string of the molecule is Cc1ccc(C(=O)N2CCC(CNCCCc3c[nH]c4ccc(F)cc34)CC2)cc1. The van der Waals surface area contributed by atoms with E-state index in [1.807, 2.05) is 42.3 Å². The molecule has 30 heavy (non-hydrogen) atoms. The topological polar surface area (TPSA) is 48.1 Å². The van der Waals surface area contributed by atoms with Crippen LogP contribution in [0.25, 0.3) is 10.9 Å². The fraction of sp³-hybridized carbons (Fsp3) is 0.400. The maximum Gasteiger partial charge on any atom is 0.253 e. The highest BCUT2D eigenvalue weighted by molar-refractivity contribution is 5.94. The number of amides is 1. The molecule has 0 aliphatic carbocycles. The molecule has 158 valence electrons. The predicted octanol–water partition coefficient (Wildman–Crippen LogP) is 4.69. The normalized spacial score (nSPS) is 15.1. The standard InChI is InChI=1S/C25H30FN3O/c1-18-4-6-20(7-5-18)25(30)29-13-10-19(11-14-29)16-27-12-2-3-21-17-28-24-9-8-22(26)15-23(21)24/h4-9,15,17,19,27-28H,2-3,10-14,16H2,1H3. The summed E-state index contributed by atoms with van der Waals surface area (Å²) < 4.78 is 13.5. The summed E-state index contributed by atoms with van der Waals surface area (Å²) in [6.07, 6.45) is 6.04. The number of halogens is 1. The lowest BCUT2D eigenvalue weighted by molar-refractivity contribution is 0.0690. The number of hydrogen-bond donors (Lipinski definition) is 2. The number of aromatic amines is 1. The van der Waals surface area contributed by atoms with E-state index in [-0.39, 0.29) is 11.7 Å². The number of likely N-dealkylation sites (tertiary alicyclic amines) is 1. The van der Waals surface area contributed by atoms with E-state index in [0.29, 0.717) is 5.92 Å². The molecule has 2 aromatic carbocycles. The van der Waals surface area contributed by atoms with Gasteiger partial charge in [-0.15, -0.1) is 0 Å². The number of benzene rings is 2. The number of fused-ring (bicyclic) bond motifs is 1. The van der Waals surface area contributed by atoms with Crippen molar-refractivity contribution < 1.29 is 9.18 Å². The van der Waals surface area contributed by atoms with Gasteiger partial charge in [-0.3, -0.25) is 4.79 Å². The first-order chi connectivity index (χ1) is 14.6. The number of piperidine rings is 1. The molecule has 4 rings (SSSR count). The Kier molecular flexibility index (Phi) is 6.48. The lowest BCUT2D eigenvalue weighted by Gasteiger charge is -2.32. The van der Waals surface area contributed by atoms with Crippen LogP contribution in [0.5, 0.6) is 0 Å². The third-order valence-electron chi connectivity index (χ3n) is 6.16. The number of H-pyrrole nitrogens is 1. The van der Waals surface area contributed by atoms with Crippen molar-refractivity contribution in [1.82, 2.24) is 15.2 Å². The molecule has 0 saturated carbocycles. The lowest BCUT2D eigenvalue weighted by atomic mass is 9.96. The smallest absolute Gasteiger partial charge is 0.253 e. The van der Waals surface area contributed by atoms with Gasteiger partial charge in [0.05, 0.1) is 0 Å². The Hall–Kier alpha value is -2.66. The van der Waals surface area contributed by atoms with Crippen molar-refractivity contribution in [3.8, 4) is 0 Å². The van der Waals surface area contributed by atoms with Gasteiger partial charge < -0.3 is 15.2 Å². The molecule has 0 radical (unpaired) electrons. The van der Waals surface area contributed by atoms with Crippen LogP contribution in [0.2, 0.25) is 0 Å². The van der Waals surface area contributed by atoms with Crippen molar-refractivity contribution in [3.05, 3.63) is 71.2 Å². The third kappa shape index (κ3) is 4.90. The Morgan fingerprint density at radius 1 is 1.17 bits per heavy atom. The van der Waals surface area contributed by atoms with Crippen molar-refractivity contribution in [2.75, 3.05) is 26.2 Å². The maximum atomic E-state index is 13.5. The highest BCUT2D eigenvalue weighted by Gasteiger charge is 2.23. The van der Waals surface area contributed by atoms with E-state index in [1.165, 1.54) is 17.2 Å². The minimum Gasteiger partial charge on any atom is -0.361 e. The van der Waals surface area contributed by atoms with Gasteiger partial charge in [0.1, 0.15) is 5.82 Å². The number of rotatable bonds is 7. The number of carbonyl (C=O) groups excluding carboxylic acids is 1. The minimum absolute atomic E-state index is 0.150. The third-order valence-corrected chi connectivity index (χ3v) is 6.16. The molecule has 3 aromatic rings. The van der Waals surface area contributed by atoms with Gasteiger partial charge >= 0.3 is 0 Å². The molecule has 2 heterocycles. The van der Waals surface area contributed by atoms with Crippen LogP contribution in [-0.2, 0) is 6.42 Å². The first kappa shape index (κ1) is 20.6. The summed E-state index contributed by atoms with van der Waals surface area (Å²) in [5, 5.41) is 4.56. The van der Waals surface area contributed by atoms with E-state index in [2.05, 4.69) is 10.3 Å². The maximum absolute atomic E-state index is 13.5. The Balaban J connectivity index is 1.16. The van der Waals surface area contributed by atoms with Gasteiger partial charge in [0.25, 0.3) is 5.91 Å². The molecular weight excluding hydrogens is 377 g/mol. The molecule has 1 aliphatic rings. The summed E-state index contributed by atoms with van der Waals surface area (Å²) in [5.41, 5.74) is 4.13. The molecule has 1 amide bonds. The second-order valence-corrected chi connectivity index (χ2v) is 8.41. The fourth-order valence-corrected chi connectivity index (χ4v) is 4.29. The number of nitrogens with one attached hydrogen (secondary N) is 2. The molecular formula is C25H30FN3O. The van der Waals surface area contributed by atoms with Gasteiger partial charge in [0.15, 0.2) is 0 Å². The average molecular weight is 408 g/mol. The van der Waals surface area contributed by atoms with Gasteiger partial charge in [-0.25, -0.2) is 4.39 Å². The summed E-state index contributed by atoms with van der Waals surface area (Å²) in [6.45, 7) is 5.65. The Morgan fingerprint density at radius 2 is 1.93 bits per heavy atom. The van der Waals surface area contributed by atoms with Crippen LogP contribution in [0.15, 0.2) is 48.7 Å². The summed E-state index contributed by atoms with van der Waals surface area (Å²) in [7, 11) is 0. The van der Waals surface area contributed by atoms with Gasteiger partial charge in [0.2, 0.25) is 0 Å². The van der Waals surface area contributed by atoms with Gasteiger partial charge in [-0.1, -0.05) is 17.7 Å². The van der Waals surface area contributed by atoms with Crippen LogP contribution in [0, 0.1) is 18.7 Å². The molecule has 1 aliphatic heterocycles. The first-order valence-corrected chi connectivity index (χ1v) is 10.9. The van der Waals surface area contributed by atoms with Crippen molar-refractivity contribution in [2.24, 2.45) is 5.92 Å². The van der Waals surface area contributed by atoms with Crippen molar-refractivity contribution >= 4 is 16.8 Å². The quantitative estimate of drug-likeness (QED) is 0.558. The Labute approximate surface area is 177 Å². The largest absolute Gasteiger partial charge is 0.361 e. The van der Waals surface area contributed by atoms with Gasteiger partial charge in [-0.2, -0.15) is 0 Å². The second kappa shape index (κ2) is 9.43. The number of aromatic nitrogens is 1. The molecule has 4 nitrogen and oxygen atoms in total. The highest BCUT2D eigenvalue weighted by Crippen LogP contribution is 2.21. The fourth-order valence-electron chi connectivity index (χ4n) is 4.29. The second-order valence-electron chi connectivity index (χ2n) is 8.41. The van der Waals surface area contributed by atoms with Crippen LogP contribution in [0.4, 0.5) is 4.39 Å². The molecule has 2 N–H and O–H groups in total. The molecule has 1 fully saturated rings. The van der Waals surface area contributed by atoms with Crippen molar-refractivity contribution in [1.29, 1.82) is 0 Å². The molecule has 1 aromatic heterocycles. The number of hydrogen-bond acceptors (Lipinski definition) is 2. The minimum atomic E-state index is -0.186. The van der Waals surface area contributed by atoms with Crippen LogP contribution in [0.3, 0.4) is 0 Å².